The lowest BCUT2D eigenvalue weighted by Crippen LogP contribution is -1.94. The molecule has 232 valence electrons. The number of fused-ring (bicyclic) bond motifs is 8. The lowest BCUT2D eigenvalue weighted by molar-refractivity contribution is 1.20. The van der Waals surface area contributed by atoms with Crippen molar-refractivity contribution >= 4 is 46.4 Å². The van der Waals surface area contributed by atoms with E-state index in [0.717, 1.165) is 83.0 Å². The second kappa shape index (κ2) is 11.8. The van der Waals surface area contributed by atoms with Gasteiger partial charge in [0.2, 0.25) is 0 Å². The molecule has 5 heteroatoms. The quantitative estimate of drug-likeness (QED) is 0.211. The molecular formula is C44H29N4O-. The second-order valence-electron chi connectivity index (χ2n) is 12.1. The average Bonchev–Trinajstić information content (AvgIpc) is 3.98. The van der Waals surface area contributed by atoms with Gasteiger partial charge in [-0.2, -0.15) is 0 Å². The van der Waals surface area contributed by atoms with E-state index in [9.17, 15) is 5.21 Å². The Bertz CT molecular complexity index is 2400. The number of hydrogen-bond acceptors (Lipinski definition) is 3. The summed E-state index contributed by atoms with van der Waals surface area (Å²) < 4.78 is 1.04. The normalized spacial score (nSPS) is 12.0. The lowest BCUT2D eigenvalue weighted by Gasteiger charge is -2.16. The van der Waals surface area contributed by atoms with Crippen molar-refractivity contribution in [2.75, 3.05) is 0 Å². The molecule has 4 aromatic carbocycles. The third-order valence-corrected chi connectivity index (χ3v) is 9.13. The van der Waals surface area contributed by atoms with Crippen LogP contribution in [0.5, 0.6) is 0 Å². The number of aromatic amines is 1. The summed E-state index contributed by atoms with van der Waals surface area (Å²) >= 11 is 0. The number of hydrogen-bond donors (Lipinski definition) is 1. The zero-order valence-corrected chi connectivity index (χ0v) is 26.4. The van der Waals surface area contributed by atoms with Crippen LogP contribution in [0, 0.1) is 5.21 Å². The highest BCUT2D eigenvalue weighted by atomic mass is 16.5. The summed E-state index contributed by atoms with van der Waals surface area (Å²) in [5, 5.41) is 14.6. The van der Waals surface area contributed by atoms with Crippen molar-refractivity contribution in [3.05, 3.63) is 174 Å². The molecule has 7 aromatic rings. The Morgan fingerprint density at radius 1 is 0.367 bits per heavy atom. The summed E-state index contributed by atoms with van der Waals surface area (Å²) in [6, 6.07) is 48.7. The highest BCUT2D eigenvalue weighted by molar-refractivity contribution is 6.00. The topological polar surface area (TPSA) is 69.6 Å². The first-order valence-electron chi connectivity index (χ1n) is 16.3. The van der Waals surface area contributed by atoms with E-state index < -0.39 is 0 Å². The Morgan fingerprint density at radius 3 is 1.02 bits per heavy atom. The Kier molecular flexibility index (Phi) is 6.87. The van der Waals surface area contributed by atoms with Gasteiger partial charge in [0.1, 0.15) is 0 Å². The number of H-pyrrole nitrogens is 1. The molecule has 0 atom stereocenters. The molecule has 2 aliphatic rings. The standard InChI is InChI=1S/C44H29N4O/c49-48-39-27-28-40(48)44(32-19-11-4-12-20-32)38-26-24-36(47-38)42(30-15-7-2-8-16-30)34-22-21-33(45-34)41(29-13-5-1-6-14-29)35-23-25-37(46-35)43(39)31-17-9-3-10-18-31/h1-28,45H/q-1. The summed E-state index contributed by atoms with van der Waals surface area (Å²) in [6.45, 7) is 0. The second-order valence-corrected chi connectivity index (χ2v) is 12.1. The molecule has 5 nitrogen and oxygen atoms in total. The van der Waals surface area contributed by atoms with Gasteiger partial charge in [-0.25, -0.2) is 9.97 Å². The van der Waals surface area contributed by atoms with E-state index in [2.05, 4.69) is 41.4 Å². The van der Waals surface area contributed by atoms with E-state index in [-0.39, 0.29) is 0 Å². The molecule has 0 fully saturated rings. The molecule has 9 rings (SSSR count). The van der Waals surface area contributed by atoms with Gasteiger partial charge >= 0.3 is 0 Å². The molecule has 3 aromatic heterocycles. The van der Waals surface area contributed by atoms with Crippen molar-refractivity contribution in [1.82, 2.24) is 19.7 Å². The van der Waals surface area contributed by atoms with Crippen molar-refractivity contribution in [1.29, 1.82) is 0 Å². The fraction of sp³-hybridized carbons (Fsp3) is 0. The number of benzene rings is 4. The maximum atomic E-state index is 14.6. The fourth-order valence-corrected chi connectivity index (χ4v) is 6.92. The summed E-state index contributed by atoms with van der Waals surface area (Å²) in [6.07, 6.45) is 8.13. The monoisotopic (exact) mass is 629 g/mol. The van der Waals surface area contributed by atoms with Gasteiger partial charge in [0.05, 0.1) is 22.8 Å². The smallest absolute Gasteiger partial charge is 0.0737 e. The molecule has 0 saturated heterocycles. The van der Waals surface area contributed by atoms with Crippen molar-refractivity contribution in [3.8, 4) is 44.5 Å². The van der Waals surface area contributed by atoms with Crippen LogP contribution in [0.25, 0.3) is 90.9 Å². The van der Waals surface area contributed by atoms with Crippen LogP contribution in [0.3, 0.4) is 0 Å². The molecule has 0 amide bonds. The molecule has 0 spiro atoms. The predicted molar refractivity (Wildman–Crippen MR) is 203 cm³/mol. The molecular weight excluding hydrogens is 601 g/mol. The molecule has 2 aliphatic heterocycles. The van der Waals surface area contributed by atoms with E-state index in [4.69, 9.17) is 9.97 Å². The Morgan fingerprint density at radius 2 is 0.673 bits per heavy atom. The molecule has 49 heavy (non-hydrogen) atoms. The van der Waals surface area contributed by atoms with Gasteiger partial charge in [-0.15, -0.1) is 0 Å². The zero-order valence-electron chi connectivity index (χ0n) is 26.4. The number of aromatic nitrogens is 4. The van der Waals surface area contributed by atoms with Crippen molar-refractivity contribution in [2.45, 2.75) is 0 Å². The van der Waals surface area contributed by atoms with Crippen LogP contribution < -0.4 is 0 Å². The van der Waals surface area contributed by atoms with Gasteiger partial charge in [-0.3, -0.25) is 0 Å². The minimum Gasteiger partial charge on any atom is -0.805 e. The third kappa shape index (κ3) is 4.96. The third-order valence-electron chi connectivity index (χ3n) is 9.13. The van der Waals surface area contributed by atoms with Gasteiger partial charge in [-0.1, -0.05) is 121 Å². The molecule has 8 bridgehead atoms. The summed E-state index contributed by atoms with van der Waals surface area (Å²) in [5.74, 6) is 0. The first-order valence-corrected chi connectivity index (χ1v) is 16.3. The van der Waals surface area contributed by atoms with Crippen molar-refractivity contribution < 1.29 is 0 Å². The highest BCUT2D eigenvalue weighted by Crippen LogP contribution is 2.39. The summed E-state index contributed by atoms with van der Waals surface area (Å²) in [4.78, 5) is 14.3. The predicted octanol–water partition coefficient (Wildman–Crippen LogP) is 11.1. The fourth-order valence-electron chi connectivity index (χ4n) is 6.92. The minimum absolute atomic E-state index is 0.526. The number of rotatable bonds is 4. The zero-order chi connectivity index (χ0) is 32.7. The van der Waals surface area contributed by atoms with Gasteiger partial charge in [-0.05, 0) is 70.8 Å². The largest absolute Gasteiger partial charge is 0.805 e. The summed E-state index contributed by atoms with van der Waals surface area (Å²) in [7, 11) is 0. The molecule has 1 N–H and O–H groups in total. The van der Waals surface area contributed by atoms with Gasteiger partial charge < -0.3 is 14.9 Å². The van der Waals surface area contributed by atoms with Crippen LogP contribution in [-0.4, -0.2) is 19.7 Å². The Balaban J connectivity index is 1.51. The van der Waals surface area contributed by atoms with Crippen LogP contribution in [0.4, 0.5) is 0 Å². The first-order chi connectivity index (χ1) is 24.2. The van der Waals surface area contributed by atoms with Gasteiger partial charge in [0, 0.05) is 44.3 Å². The lowest BCUT2D eigenvalue weighted by atomic mass is 10.0. The maximum absolute atomic E-state index is 14.6. The molecule has 5 heterocycles. The van der Waals surface area contributed by atoms with E-state index >= 15 is 0 Å². The average molecular weight is 630 g/mol. The number of nitrogens with zero attached hydrogens (tertiary/aromatic N) is 3. The van der Waals surface area contributed by atoms with Gasteiger partial charge in [0.25, 0.3) is 0 Å². The van der Waals surface area contributed by atoms with Crippen LogP contribution in [0.2, 0.25) is 0 Å². The van der Waals surface area contributed by atoms with Crippen LogP contribution in [-0.2, 0) is 0 Å². The Labute approximate surface area is 283 Å². The number of nitrogens with one attached hydrogen (secondary N) is 1. The van der Waals surface area contributed by atoms with Crippen molar-refractivity contribution in [2.24, 2.45) is 0 Å². The Hall–Kier alpha value is -6.72. The van der Waals surface area contributed by atoms with E-state index in [1.807, 2.05) is 133 Å². The van der Waals surface area contributed by atoms with Crippen molar-refractivity contribution in [3.63, 3.8) is 0 Å². The van der Waals surface area contributed by atoms with Crippen LogP contribution >= 0.6 is 0 Å². The molecule has 0 aliphatic carbocycles. The van der Waals surface area contributed by atoms with Crippen LogP contribution in [0.15, 0.2) is 146 Å². The minimum atomic E-state index is 0.526. The van der Waals surface area contributed by atoms with Gasteiger partial charge in [0.15, 0.2) is 0 Å². The van der Waals surface area contributed by atoms with E-state index in [1.165, 1.54) is 0 Å². The maximum Gasteiger partial charge on any atom is 0.0737 e. The first kappa shape index (κ1) is 28.5. The molecule has 0 unspecified atom stereocenters. The molecule has 0 saturated carbocycles. The molecule has 0 radical (unpaired) electrons. The highest BCUT2D eigenvalue weighted by Gasteiger charge is 2.19. The van der Waals surface area contributed by atoms with E-state index in [0.29, 0.717) is 11.0 Å². The SMILES string of the molecule is [O-]n1c2ccc1c(-c1ccccc1)c1nc(c(-c3ccccc3)c3ccc([nH]3)c(-c3ccccc3)c3nc(c2-c2ccccc2)C=C3)C=C1. The van der Waals surface area contributed by atoms with Crippen LogP contribution in [0.1, 0.15) is 22.8 Å². The summed E-state index contributed by atoms with van der Waals surface area (Å²) in [5.41, 5.74) is 13.4. The van der Waals surface area contributed by atoms with E-state index in [1.54, 1.807) is 0 Å².